The van der Waals surface area contributed by atoms with Gasteiger partial charge in [0.15, 0.2) is 0 Å². The smallest absolute Gasteiger partial charge is 0.305 e. The van der Waals surface area contributed by atoms with Crippen LogP contribution in [0.25, 0.3) is 0 Å². The van der Waals surface area contributed by atoms with Gasteiger partial charge in [-0.25, -0.2) is 0 Å². The van der Waals surface area contributed by atoms with Crippen LogP contribution in [0.15, 0.2) is 0 Å². The molecule has 0 rings (SSSR count). The Balaban J connectivity index is 4.92. The number of carbonyl (C=O) groups is 2. The molecule has 0 radical (unpaired) electrons. The number of esters is 2. The number of unbranched alkanes of at least 4 members (excludes halogenated alkanes) is 14. The van der Waals surface area contributed by atoms with Crippen LogP contribution in [0.4, 0.5) is 0 Å². The highest BCUT2D eigenvalue weighted by atomic mass is 16.5. The van der Waals surface area contributed by atoms with Crippen molar-refractivity contribution in [3.63, 3.8) is 0 Å². The molecule has 0 aromatic heterocycles. The van der Waals surface area contributed by atoms with Gasteiger partial charge in [-0.3, -0.25) is 9.59 Å². The van der Waals surface area contributed by atoms with Gasteiger partial charge in [-0.05, 0) is 76.8 Å². The number of ether oxygens (including phenoxy) is 2. The molecule has 280 valence electrons. The zero-order valence-electron chi connectivity index (χ0n) is 31.6. The van der Waals surface area contributed by atoms with Gasteiger partial charge < -0.3 is 24.6 Å². The molecule has 0 spiro atoms. The largest absolute Gasteiger partial charge is 0.465 e. The molecule has 47 heavy (non-hydrogen) atoms. The Hall–Kier alpha value is -1.18. The Labute approximate surface area is 291 Å². The molecule has 0 saturated heterocycles. The van der Waals surface area contributed by atoms with E-state index in [1.807, 2.05) is 0 Å². The molecule has 0 aliphatic rings. The third kappa shape index (κ3) is 29.5. The van der Waals surface area contributed by atoms with Crippen molar-refractivity contribution in [2.75, 3.05) is 39.5 Å². The summed E-state index contributed by atoms with van der Waals surface area (Å²) in [4.78, 5) is 27.3. The van der Waals surface area contributed by atoms with Gasteiger partial charge in [0, 0.05) is 31.9 Å². The van der Waals surface area contributed by atoms with Crippen LogP contribution in [0.5, 0.6) is 0 Å². The molecule has 0 aliphatic carbocycles. The number of aliphatic hydroxyl groups is 2. The van der Waals surface area contributed by atoms with Crippen LogP contribution in [0, 0.1) is 11.8 Å². The Morgan fingerprint density at radius 2 is 1.00 bits per heavy atom. The van der Waals surface area contributed by atoms with E-state index < -0.39 is 0 Å². The summed E-state index contributed by atoms with van der Waals surface area (Å²) in [5, 5.41) is 20.5. The van der Waals surface area contributed by atoms with E-state index in [-0.39, 0.29) is 30.6 Å². The van der Waals surface area contributed by atoms with Gasteiger partial charge in [-0.2, -0.15) is 0 Å². The van der Waals surface area contributed by atoms with Gasteiger partial charge in [-0.1, -0.05) is 118 Å². The second-order valence-corrected chi connectivity index (χ2v) is 14.1. The molecule has 0 aliphatic heterocycles. The van der Waals surface area contributed by atoms with E-state index in [4.69, 9.17) is 9.47 Å². The van der Waals surface area contributed by atoms with Gasteiger partial charge >= 0.3 is 11.9 Å². The van der Waals surface area contributed by atoms with E-state index in [0.717, 1.165) is 129 Å². The second-order valence-electron chi connectivity index (χ2n) is 14.1. The minimum absolute atomic E-state index is 0.0254. The van der Waals surface area contributed by atoms with Gasteiger partial charge in [0.25, 0.3) is 0 Å². The summed E-state index contributed by atoms with van der Waals surface area (Å²) >= 11 is 0. The molecular weight excluding hydrogens is 590 g/mol. The molecule has 0 saturated carbocycles. The van der Waals surface area contributed by atoms with Gasteiger partial charge in [0.2, 0.25) is 0 Å². The highest BCUT2D eigenvalue weighted by Crippen LogP contribution is 2.22. The molecule has 0 heterocycles. The second kappa shape index (κ2) is 34.7. The zero-order valence-corrected chi connectivity index (χ0v) is 31.6. The summed E-state index contributed by atoms with van der Waals surface area (Å²) in [5.41, 5.74) is 0. The predicted octanol–water partition coefficient (Wildman–Crippen LogP) is 9.79. The van der Waals surface area contributed by atoms with Crippen molar-refractivity contribution in [2.45, 2.75) is 194 Å². The number of aliphatic hydroxyl groups excluding tert-OH is 2. The Bertz CT molecular complexity index is 652. The first kappa shape index (κ1) is 45.8. The number of carbonyl (C=O) groups excluding carboxylic acids is 2. The van der Waals surface area contributed by atoms with E-state index in [2.05, 4.69) is 32.6 Å². The molecule has 0 aromatic carbocycles. The van der Waals surface area contributed by atoms with Crippen molar-refractivity contribution in [3.05, 3.63) is 0 Å². The maximum absolute atomic E-state index is 12.4. The molecule has 0 fully saturated rings. The maximum Gasteiger partial charge on any atom is 0.305 e. The molecule has 0 aromatic rings. The number of hydrogen-bond acceptors (Lipinski definition) is 7. The van der Waals surface area contributed by atoms with Crippen molar-refractivity contribution in [2.24, 2.45) is 11.8 Å². The van der Waals surface area contributed by atoms with Crippen LogP contribution in [0.3, 0.4) is 0 Å². The lowest BCUT2D eigenvalue weighted by molar-refractivity contribution is -0.149. The van der Waals surface area contributed by atoms with E-state index in [9.17, 15) is 19.8 Å². The summed E-state index contributed by atoms with van der Waals surface area (Å²) in [6.45, 7) is 12.3. The quantitative estimate of drug-likeness (QED) is 0.0506. The van der Waals surface area contributed by atoms with Crippen LogP contribution in [0.2, 0.25) is 0 Å². The molecule has 7 heteroatoms. The average Bonchev–Trinajstić information content (AvgIpc) is 3.06. The highest BCUT2D eigenvalue weighted by molar-refractivity contribution is 5.69. The maximum atomic E-state index is 12.4. The lowest BCUT2D eigenvalue weighted by Gasteiger charge is -2.30. The fourth-order valence-corrected chi connectivity index (χ4v) is 6.27. The minimum atomic E-state index is -0.294. The van der Waals surface area contributed by atoms with Gasteiger partial charge in [0.05, 0.1) is 19.3 Å². The first-order valence-corrected chi connectivity index (χ1v) is 20.2. The SMILES string of the molecule is CCCCCCCC(=O)OCC(CCCCCN(CCCCCO)CC(O)C(CCCC)CCCC)COC(=O)CCCCCCC. The monoisotopic (exact) mass is 670 g/mol. The number of nitrogens with zero attached hydrogens (tertiary/aromatic N) is 1. The molecule has 1 unspecified atom stereocenters. The molecule has 1 atom stereocenters. The highest BCUT2D eigenvalue weighted by Gasteiger charge is 2.21. The van der Waals surface area contributed by atoms with Crippen LogP contribution in [-0.2, 0) is 19.1 Å². The van der Waals surface area contributed by atoms with E-state index in [0.29, 0.717) is 32.0 Å². The number of rotatable bonds is 36. The van der Waals surface area contributed by atoms with Crippen molar-refractivity contribution in [1.29, 1.82) is 0 Å². The number of hydrogen-bond donors (Lipinski definition) is 2. The first-order valence-electron chi connectivity index (χ1n) is 20.2. The fourth-order valence-electron chi connectivity index (χ4n) is 6.27. The normalized spacial score (nSPS) is 12.4. The summed E-state index contributed by atoms with van der Waals surface area (Å²) in [7, 11) is 0. The summed E-state index contributed by atoms with van der Waals surface area (Å²) in [5.74, 6) is 0.117. The van der Waals surface area contributed by atoms with Gasteiger partial charge in [0.1, 0.15) is 0 Å². The Morgan fingerprint density at radius 3 is 1.47 bits per heavy atom. The topological polar surface area (TPSA) is 96.3 Å². The Morgan fingerprint density at radius 1 is 0.553 bits per heavy atom. The van der Waals surface area contributed by atoms with Gasteiger partial charge in [-0.15, -0.1) is 0 Å². The molecule has 2 N–H and O–H groups in total. The standard InChI is InChI=1S/C40H79NO6/c1-5-9-13-15-20-28-39(44)46-34-36(35-47-40(45)29-21-16-14-10-6-2)25-19-17-22-30-41(31-23-18-24-32-42)33-38(43)37(26-11-7-3)27-12-8-4/h36-38,42-43H,5-35H2,1-4H3. The molecular formula is C40H79NO6. The van der Waals surface area contributed by atoms with E-state index >= 15 is 0 Å². The summed E-state index contributed by atoms with van der Waals surface area (Å²) in [6, 6.07) is 0. The van der Waals surface area contributed by atoms with Crippen LogP contribution < -0.4 is 0 Å². The van der Waals surface area contributed by atoms with Crippen molar-refractivity contribution < 1.29 is 29.3 Å². The van der Waals surface area contributed by atoms with E-state index in [1.54, 1.807) is 0 Å². The van der Waals surface area contributed by atoms with Crippen LogP contribution >= 0.6 is 0 Å². The molecule has 0 bridgehead atoms. The fraction of sp³-hybridized carbons (Fsp3) is 0.950. The Kier molecular flexibility index (Phi) is 33.8. The van der Waals surface area contributed by atoms with Crippen molar-refractivity contribution >= 4 is 11.9 Å². The minimum Gasteiger partial charge on any atom is -0.465 e. The average molecular weight is 670 g/mol. The predicted molar refractivity (Wildman–Crippen MR) is 197 cm³/mol. The first-order chi connectivity index (χ1) is 22.9. The summed E-state index contributed by atoms with van der Waals surface area (Å²) < 4.78 is 11.3. The van der Waals surface area contributed by atoms with Crippen LogP contribution in [0.1, 0.15) is 188 Å². The van der Waals surface area contributed by atoms with E-state index in [1.165, 1.54) is 38.5 Å². The van der Waals surface area contributed by atoms with Crippen molar-refractivity contribution in [3.8, 4) is 0 Å². The third-order valence-corrected chi connectivity index (χ3v) is 9.49. The summed E-state index contributed by atoms with van der Waals surface area (Å²) in [6.07, 6.45) is 25.3. The van der Waals surface area contributed by atoms with Crippen LogP contribution in [-0.4, -0.2) is 72.6 Å². The van der Waals surface area contributed by atoms with Crippen molar-refractivity contribution in [1.82, 2.24) is 4.90 Å². The lowest BCUT2D eigenvalue weighted by Crippen LogP contribution is -2.38. The molecule has 7 nitrogen and oxygen atoms in total. The lowest BCUT2D eigenvalue weighted by atomic mass is 9.90. The third-order valence-electron chi connectivity index (χ3n) is 9.49. The zero-order chi connectivity index (χ0) is 34.8. The molecule has 0 amide bonds.